The predicted molar refractivity (Wildman–Crippen MR) is 65.4 cm³/mol. The first-order valence-corrected chi connectivity index (χ1v) is 7.65. The SMILES string of the molecule is O=C(CCCl)NC(=O)N1CCSSCC1. The number of halogens is 1. The number of urea groups is 1. The Morgan fingerprint density at radius 1 is 1.27 bits per heavy atom. The van der Waals surface area contributed by atoms with E-state index in [9.17, 15) is 9.59 Å². The fraction of sp³-hybridized carbons (Fsp3) is 0.750. The Morgan fingerprint density at radius 2 is 1.87 bits per heavy atom. The van der Waals surface area contributed by atoms with E-state index in [1.807, 2.05) is 0 Å². The van der Waals surface area contributed by atoms with Crippen molar-refractivity contribution in [3.05, 3.63) is 0 Å². The van der Waals surface area contributed by atoms with Crippen LogP contribution in [0.15, 0.2) is 0 Å². The van der Waals surface area contributed by atoms with Crippen LogP contribution in [0.5, 0.6) is 0 Å². The van der Waals surface area contributed by atoms with Gasteiger partial charge in [0.1, 0.15) is 0 Å². The van der Waals surface area contributed by atoms with Crippen molar-refractivity contribution < 1.29 is 9.59 Å². The summed E-state index contributed by atoms with van der Waals surface area (Å²) in [6, 6.07) is -0.298. The second kappa shape index (κ2) is 7.24. The fourth-order valence-corrected chi connectivity index (χ4v) is 3.23. The van der Waals surface area contributed by atoms with Crippen molar-refractivity contribution in [1.29, 1.82) is 0 Å². The van der Waals surface area contributed by atoms with Gasteiger partial charge in [-0.15, -0.1) is 11.6 Å². The minimum Gasteiger partial charge on any atom is -0.323 e. The minimum atomic E-state index is -0.306. The predicted octanol–water partition coefficient (Wildman–Crippen LogP) is 1.55. The van der Waals surface area contributed by atoms with Crippen LogP contribution in [0.3, 0.4) is 0 Å². The van der Waals surface area contributed by atoms with Gasteiger partial charge in [0.15, 0.2) is 0 Å². The zero-order chi connectivity index (χ0) is 11.1. The average molecular weight is 269 g/mol. The van der Waals surface area contributed by atoms with E-state index in [0.29, 0.717) is 13.1 Å². The van der Waals surface area contributed by atoms with Gasteiger partial charge in [-0.25, -0.2) is 4.79 Å². The molecule has 7 heteroatoms. The summed E-state index contributed by atoms with van der Waals surface area (Å²) in [7, 11) is 3.51. The van der Waals surface area contributed by atoms with Crippen LogP contribution in [-0.4, -0.2) is 47.3 Å². The van der Waals surface area contributed by atoms with Gasteiger partial charge < -0.3 is 4.90 Å². The number of nitrogens with zero attached hydrogens (tertiary/aromatic N) is 1. The molecule has 0 bridgehead atoms. The Kier molecular flexibility index (Phi) is 6.28. The minimum absolute atomic E-state index is 0.185. The summed E-state index contributed by atoms with van der Waals surface area (Å²) in [6.45, 7) is 1.38. The molecule has 0 spiro atoms. The summed E-state index contributed by atoms with van der Waals surface area (Å²) >= 11 is 5.40. The van der Waals surface area contributed by atoms with Crippen molar-refractivity contribution in [3.8, 4) is 0 Å². The zero-order valence-electron chi connectivity index (χ0n) is 8.20. The molecule has 0 aromatic rings. The lowest BCUT2D eigenvalue weighted by Gasteiger charge is -2.19. The van der Waals surface area contributed by atoms with Gasteiger partial charge in [-0.3, -0.25) is 10.1 Å². The molecule has 86 valence electrons. The summed E-state index contributed by atoms with van der Waals surface area (Å²) in [5, 5.41) is 2.32. The number of rotatable bonds is 2. The van der Waals surface area contributed by atoms with Crippen molar-refractivity contribution in [2.24, 2.45) is 0 Å². The molecule has 4 nitrogen and oxygen atoms in total. The van der Waals surface area contributed by atoms with Crippen LogP contribution >= 0.6 is 33.2 Å². The Hall–Kier alpha value is -0.0700. The van der Waals surface area contributed by atoms with E-state index in [0.717, 1.165) is 11.5 Å². The lowest BCUT2D eigenvalue weighted by atomic mass is 10.4. The molecule has 0 unspecified atom stereocenters. The van der Waals surface area contributed by atoms with Gasteiger partial charge >= 0.3 is 6.03 Å². The van der Waals surface area contributed by atoms with Crippen LogP contribution in [0.25, 0.3) is 0 Å². The van der Waals surface area contributed by atoms with Crippen LogP contribution < -0.4 is 5.32 Å². The summed E-state index contributed by atoms with van der Waals surface area (Å²) in [5.41, 5.74) is 0. The quantitative estimate of drug-likeness (QED) is 0.610. The molecular weight excluding hydrogens is 256 g/mol. The summed E-state index contributed by atoms with van der Waals surface area (Å²) < 4.78 is 0. The number of carbonyl (C=O) groups is 2. The summed E-state index contributed by atoms with van der Waals surface area (Å²) in [6.07, 6.45) is 0.185. The fourth-order valence-electron chi connectivity index (χ4n) is 1.07. The third-order valence-corrected chi connectivity index (χ3v) is 4.38. The highest BCUT2D eigenvalue weighted by atomic mass is 35.5. The van der Waals surface area contributed by atoms with Crippen LogP contribution in [0, 0.1) is 0 Å². The molecule has 15 heavy (non-hydrogen) atoms. The van der Waals surface area contributed by atoms with Crippen LogP contribution in [0.4, 0.5) is 4.79 Å². The number of carbonyl (C=O) groups excluding carboxylic acids is 2. The number of amides is 3. The van der Waals surface area contributed by atoms with Crippen molar-refractivity contribution >= 4 is 45.1 Å². The standard InChI is InChI=1S/C8H13ClN2O2S2/c9-2-1-7(12)10-8(13)11-3-5-14-15-6-4-11/h1-6H2,(H,10,12,13). The van der Waals surface area contributed by atoms with E-state index >= 15 is 0 Å². The van der Waals surface area contributed by atoms with E-state index in [2.05, 4.69) is 5.32 Å². The van der Waals surface area contributed by atoms with Gasteiger partial charge in [-0.2, -0.15) is 0 Å². The second-order valence-corrected chi connectivity index (χ2v) is 6.00. The highest BCUT2D eigenvalue weighted by Crippen LogP contribution is 2.23. The molecule has 0 radical (unpaired) electrons. The van der Waals surface area contributed by atoms with Crippen LogP contribution in [-0.2, 0) is 4.79 Å². The van der Waals surface area contributed by atoms with Gasteiger partial charge in [0.2, 0.25) is 5.91 Å². The van der Waals surface area contributed by atoms with E-state index < -0.39 is 0 Å². The molecule has 1 saturated heterocycles. The lowest BCUT2D eigenvalue weighted by Crippen LogP contribution is -2.44. The third-order valence-electron chi connectivity index (χ3n) is 1.83. The largest absolute Gasteiger partial charge is 0.324 e. The topological polar surface area (TPSA) is 49.4 Å². The summed E-state index contributed by atoms with van der Waals surface area (Å²) in [5.74, 6) is 1.74. The van der Waals surface area contributed by atoms with Gasteiger partial charge in [0.05, 0.1) is 0 Å². The number of nitrogens with one attached hydrogen (secondary N) is 1. The van der Waals surface area contributed by atoms with Crippen LogP contribution in [0.2, 0.25) is 0 Å². The molecule has 0 atom stereocenters. The van der Waals surface area contributed by atoms with Crippen molar-refractivity contribution in [3.63, 3.8) is 0 Å². The molecule has 1 aliphatic rings. The molecular formula is C8H13ClN2O2S2. The molecule has 1 N–H and O–H groups in total. The van der Waals surface area contributed by atoms with Gasteiger partial charge in [-0.1, -0.05) is 21.6 Å². The highest BCUT2D eigenvalue weighted by molar-refractivity contribution is 8.76. The van der Waals surface area contributed by atoms with E-state index in [-0.39, 0.29) is 24.2 Å². The van der Waals surface area contributed by atoms with Crippen molar-refractivity contribution in [2.45, 2.75) is 6.42 Å². The maximum atomic E-state index is 11.6. The molecule has 1 aliphatic heterocycles. The number of alkyl halides is 1. The first-order chi connectivity index (χ1) is 7.24. The first kappa shape index (κ1) is 13.0. The van der Waals surface area contributed by atoms with E-state index in [1.165, 1.54) is 0 Å². The lowest BCUT2D eigenvalue weighted by molar-refractivity contribution is -0.119. The Morgan fingerprint density at radius 3 is 2.40 bits per heavy atom. The second-order valence-electron chi connectivity index (χ2n) is 2.92. The molecule has 3 amide bonds. The first-order valence-electron chi connectivity index (χ1n) is 4.63. The molecule has 0 aromatic heterocycles. The smallest absolute Gasteiger partial charge is 0.323 e. The van der Waals surface area contributed by atoms with Gasteiger partial charge in [0.25, 0.3) is 0 Å². The van der Waals surface area contributed by atoms with Crippen molar-refractivity contribution in [1.82, 2.24) is 10.2 Å². The molecule has 1 rings (SSSR count). The normalized spacial score (nSPS) is 17.0. The third kappa shape index (κ3) is 4.99. The molecule has 0 saturated carbocycles. The molecule has 0 aromatic carbocycles. The Bertz CT molecular complexity index is 233. The maximum absolute atomic E-state index is 11.6. The Balaban J connectivity index is 2.34. The van der Waals surface area contributed by atoms with Gasteiger partial charge in [0, 0.05) is 36.9 Å². The van der Waals surface area contributed by atoms with E-state index in [1.54, 1.807) is 26.5 Å². The molecule has 0 aliphatic carbocycles. The number of hydrogen-bond acceptors (Lipinski definition) is 4. The highest BCUT2D eigenvalue weighted by Gasteiger charge is 2.17. The number of hydrogen-bond donors (Lipinski definition) is 1. The Labute approximate surface area is 102 Å². The van der Waals surface area contributed by atoms with Gasteiger partial charge in [-0.05, 0) is 0 Å². The monoisotopic (exact) mass is 268 g/mol. The number of imide groups is 1. The average Bonchev–Trinajstić information content (AvgIpc) is 2.45. The molecule has 1 fully saturated rings. The van der Waals surface area contributed by atoms with E-state index in [4.69, 9.17) is 11.6 Å². The molecule has 1 heterocycles. The van der Waals surface area contributed by atoms with Crippen LogP contribution in [0.1, 0.15) is 6.42 Å². The zero-order valence-corrected chi connectivity index (χ0v) is 10.6. The van der Waals surface area contributed by atoms with Crippen molar-refractivity contribution in [2.75, 3.05) is 30.5 Å². The maximum Gasteiger partial charge on any atom is 0.324 e. The summed E-state index contributed by atoms with van der Waals surface area (Å²) in [4.78, 5) is 24.4.